The molecule has 1 aromatic carbocycles. The van der Waals surface area contributed by atoms with Gasteiger partial charge in [-0.3, -0.25) is 24.4 Å². The summed E-state index contributed by atoms with van der Waals surface area (Å²) in [6, 6.07) is 4.58. The van der Waals surface area contributed by atoms with Gasteiger partial charge in [0.05, 0.1) is 0 Å². The topological polar surface area (TPSA) is 92.5 Å². The molecule has 7 heteroatoms. The first-order valence-electron chi connectivity index (χ1n) is 6.10. The number of hydrogen-bond acceptors (Lipinski definition) is 4. The normalized spacial score (nSPS) is 21.3. The predicted octanol–water partition coefficient (Wildman–Crippen LogP) is 0.182. The first-order valence-corrected chi connectivity index (χ1v) is 6.10. The van der Waals surface area contributed by atoms with Crippen LogP contribution in [0.25, 0.3) is 0 Å². The largest absolute Gasteiger partial charge is 0.398 e. The summed E-state index contributed by atoms with van der Waals surface area (Å²) in [5.74, 6) is -0.891. The number of piperidine rings is 1. The van der Waals surface area contributed by atoms with Gasteiger partial charge in [-0.1, -0.05) is 6.07 Å². The van der Waals surface area contributed by atoms with Gasteiger partial charge in [0, 0.05) is 29.8 Å². The standard InChI is InChI=1S/C13H13N3O3.FH/c14-9-3-1-2-7-8(9)6-16(13(7)19)10-4-5-11(17)15-12(10)18;/h1-3,10H,4-6,14H2,(H,15,17,18);1H. The number of nitrogens with one attached hydrogen (secondary N) is 1. The zero-order valence-corrected chi connectivity index (χ0v) is 10.6. The van der Waals surface area contributed by atoms with E-state index in [4.69, 9.17) is 5.73 Å². The number of carbonyl (C=O) groups is 3. The number of amides is 3. The highest BCUT2D eigenvalue weighted by Gasteiger charge is 2.39. The van der Waals surface area contributed by atoms with Crippen molar-refractivity contribution < 1.29 is 19.1 Å². The quantitative estimate of drug-likeness (QED) is 0.566. The maximum absolute atomic E-state index is 12.3. The molecule has 0 spiro atoms. The minimum atomic E-state index is -0.586. The molecule has 2 heterocycles. The lowest BCUT2D eigenvalue weighted by Gasteiger charge is -2.29. The van der Waals surface area contributed by atoms with Crippen LogP contribution in [0.15, 0.2) is 18.2 Å². The van der Waals surface area contributed by atoms with Crippen molar-refractivity contribution in [3.63, 3.8) is 0 Å². The summed E-state index contributed by atoms with van der Waals surface area (Å²) in [6.45, 7) is 0.327. The van der Waals surface area contributed by atoms with E-state index < -0.39 is 11.9 Å². The van der Waals surface area contributed by atoms with Gasteiger partial charge in [-0.15, -0.1) is 0 Å². The summed E-state index contributed by atoms with van der Waals surface area (Å²) in [7, 11) is 0. The Kier molecular flexibility index (Phi) is 3.44. The smallest absolute Gasteiger partial charge is 0.255 e. The van der Waals surface area contributed by atoms with Crippen LogP contribution in [0.1, 0.15) is 28.8 Å². The van der Waals surface area contributed by atoms with E-state index in [0.29, 0.717) is 24.2 Å². The number of anilines is 1. The molecule has 3 rings (SSSR count). The Morgan fingerprint density at radius 1 is 1.25 bits per heavy atom. The van der Waals surface area contributed by atoms with Crippen molar-refractivity contribution in [3.05, 3.63) is 29.3 Å². The van der Waals surface area contributed by atoms with Crippen molar-refractivity contribution in [2.75, 3.05) is 5.73 Å². The molecule has 3 amide bonds. The number of nitrogens with zero attached hydrogens (tertiary/aromatic N) is 1. The van der Waals surface area contributed by atoms with E-state index in [-0.39, 0.29) is 22.9 Å². The van der Waals surface area contributed by atoms with E-state index in [1.807, 2.05) is 0 Å². The van der Waals surface area contributed by atoms with E-state index in [1.165, 1.54) is 4.90 Å². The van der Waals surface area contributed by atoms with Crippen LogP contribution >= 0.6 is 0 Å². The maximum Gasteiger partial charge on any atom is 0.255 e. The lowest BCUT2D eigenvalue weighted by atomic mass is 10.0. The fourth-order valence-corrected chi connectivity index (χ4v) is 2.61. The minimum Gasteiger partial charge on any atom is -0.398 e. The molecule has 0 bridgehead atoms. The molecule has 6 nitrogen and oxygen atoms in total. The molecule has 1 unspecified atom stereocenters. The average Bonchev–Trinajstić information content (AvgIpc) is 2.69. The van der Waals surface area contributed by atoms with Gasteiger partial charge in [0.1, 0.15) is 6.04 Å². The van der Waals surface area contributed by atoms with Crippen LogP contribution in [0, 0.1) is 0 Å². The van der Waals surface area contributed by atoms with Crippen LogP contribution in [-0.2, 0) is 16.1 Å². The Balaban J connectivity index is 0.00000147. The molecule has 106 valence electrons. The van der Waals surface area contributed by atoms with E-state index in [2.05, 4.69) is 5.32 Å². The zero-order chi connectivity index (χ0) is 13.6. The fraction of sp³-hybridized carbons (Fsp3) is 0.308. The number of imide groups is 1. The molecular formula is C13H14FN3O3. The highest BCUT2D eigenvalue weighted by atomic mass is 19.0. The molecule has 1 fully saturated rings. The van der Waals surface area contributed by atoms with Gasteiger partial charge in [-0.25, -0.2) is 0 Å². The number of nitrogens with two attached hydrogens (primary N) is 1. The van der Waals surface area contributed by atoms with Gasteiger partial charge in [0.15, 0.2) is 0 Å². The van der Waals surface area contributed by atoms with Crippen molar-refractivity contribution in [1.29, 1.82) is 0 Å². The Morgan fingerprint density at radius 3 is 2.65 bits per heavy atom. The first kappa shape index (κ1) is 14.0. The van der Waals surface area contributed by atoms with E-state index >= 15 is 0 Å². The van der Waals surface area contributed by atoms with Crippen molar-refractivity contribution in [2.45, 2.75) is 25.4 Å². The Bertz CT molecular complexity index is 603. The Morgan fingerprint density at radius 2 is 2.00 bits per heavy atom. The lowest BCUT2D eigenvalue weighted by Crippen LogP contribution is -2.52. The summed E-state index contributed by atoms with van der Waals surface area (Å²) in [6.07, 6.45) is 0.621. The lowest BCUT2D eigenvalue weighted by molar-refractivity contribution is -0.136. The van der Waals surface area contributed by atoms with Gasteiger partial charge in [-0.2, -0.15) is 0 Å². The highest BCUT2D eigenvalue weighted by Crippen LogP contribution is 2.30. The minimum absolute atomic E-state index is 0. The van der Waals surface area contributed by atoms with Gasteiger partial charge in [0.25, 0.3) is 5.91 Å². The molecule has 0 aromatic heterocycles. The van der Waals surface area contributed by atoms with Crippen molar-refractivity contribution >= 4 is 23.4 Å². The number of fused-ring (bicyclic) bond motifs is 1. The third kappa shape index (κ3) is 2.01. The van der Waals surface area contributed by atoms with Crippen molar-refractivity contribution in [3.8, 4) is 0 Å². The van der Waals surface area contributed by atoms with Crippen LogP contribution in [-0.4, -0.2) is 28.7 Å². The molecule has 0 aliphatic carbocycles. The van der Waals surface area contributed by atoms with Gasteiger partial charge in [0.2, 0.25) is 11.8 Å². The monoisotopic (exact) mass is 279 g/mol. The summed E-state index contributed by atoms with van der Waals surface area (Å²) < 4.78 is 0. The van der Waals surface area contributed by atoms with E-state index in [0.717, 1.165) is 5.56 Å². The number of carbonyl (C=O) groups excluding carboxylic acids is 3. The second-order valence-corrected chi connectivity index (χ2v) is 4.77. The van der Waals surface area contributed by atoms with Gasteiger partial charge >= 0.3 is 0 Å². The summed E-state index contributed by atoms with van der Waals surface area (Å²) in [5, 5.41) is 2.27. The van der Waals surface area contributed by atoms with Crippen LogP contribution in [0.2, 0.25) is 0 Å². The highest BCUT2D eigenvalue weighted by molar-refractivity contribution is 6.06. The number of hydrogen-bond donors (Lipinski definition) is 2. The summed E-state index contributed by atoms with van der Waals surface area (Å²) in [5.41, 5.74) is 7.71. The van der Waals surface area contributed by atoms with E-state index in [9.17, 15) is 14.4 Å². The van der Waals surface area contributed by atoms with Gasteiger partial charge < -0.3 is 10.6 Å². The van der Waals surface area contributed by atoms with Crippen molar-refractivity contribution in [1.82, 2.24) is 10.2 Å². The molecule has 20 heavy (non-hydrogen) atoms. The third-order valence-electron chi connectivity index (χ3n) is 3.62. The first-order chi connectivity index (χ1) is 9.08. The molecule has 3 N–H and O–H groups in total. The molecule has 0 saturated carbocycles. The van der Waals surface area contributed by atoms with Crippen molar-refractivity contribution in [2.24, 2.45) is 0 Å². The second-order valence-electron chi connectivity index (χ2n) is 4.77. The summed E-state index contributed by atoms with van der Waals surface area (Å²) in [4.78, 5) is 36.7. The van der Waals surface area contributed by atoms with Crippen LogP contribution in [0.5, 0.6) is 0 Å². The third-order valence-corrected chi connectivity index (χ3v) is 3.62. The predicted molar refractivity (Wildman–Crippen MR) is 69.4 cm³/mol. The Labute approximate surface area is 114 Å². The SMILES string of the molecule is F.Nc1cccc2c1CN(C1CCC(=O)NC1=O)C2=O. The number of rotatable bonds is 1. The zero-order valence-electron chi connectivity index (χ0n) is 10.6. The Hall–Kier alpha value is -2.44. The number of nitrogen functional groups attached to an aromatic ring is 1. The summed E-state index contributed by atoms with van der Waals surface area (Å²) >= 11 is 0. The maximum atomic E-state index is 12.3. The van der Waals surface area contributed by atoms with Crippen LogP contribution < -0.4 is 11.1 Å². The van der Waals surface area contributed by atoms with Crippen LogP contribution in [0.4, 0.5) is 10.4 Å². The number of benzene rings is 1. The molecule has 0 radical (unpaired) electrons. The molecule has 2 aliphatic heterocycles. The molecule has 1 aromatic rings. The van der Waals surface area contributed by atoms with Gasteiger partial charge in [-0.05, 0) is 18.6 Å². The van der Waals surface area contributed by atoms with Crippen LogP contribution in [0.3, 0.4) is 0 Å². The molecule has 1 saturated heterocycles. The van der Waals surface area contributed by atoms with E-state index in [1.54, 1.807) is 18.2 Å². The molecular weight excluding hydrogens is 265 g/mol. The number of halogens is 1. The average molecular weight is 279 g/mol. The molecule has 1 atom stereocenters. The second kappa shape index (κ2) is 4.92. The fourth-order valence-electron chi connectivity index (χ4n) is 2.61. The molecule has 2 aliphatic rings.